The molecule has 6 heteroatoms. The van der Waals surface area contributed by atoms with Crippen LogP contribution in [0, 0.1) is 0 Å². The van der Waals surface area contributed by atoms with E-state index >= 15 is 0 Å². The molecular weight excluding hydrogens is 274 g/mol. The van der Waals surface area contributed by atoms with E-state index in [1.54, 1.807) is 0 Å². The van der Waals surface area contributed by atoms with Crippen LogP contribution in [0.3, 0.4) is 0 Å². The van der Waals surface area contributed by atoms with E-state index in [-0.39, 0.29) is 32.1 Å². The van der Waals surface area contributed by atoms with Gasteiger partial charge in [-0.25, -0.2) is 4.79 Å². The summed E-state index contributed by atoms with van der Waals surface area (Å²) in [6.07, 6.45) is 0.0282. The van der Waals surface area contributed by atoms with Gasteiger partial charge < -0.3 is 19.5 Å². The first-order valence-electron chi connectivity index (χ1n) is 6.80. The van der Waals surface area contributed by atoms with Gasteiger partial charge in [0.2, 0.25) is 0 Å². The Morgan fingerprint density at radius 2 is 1.90 bits per heavy atom. The summed E-state index contributed by atoms with van der Waals surface area (Å²) in [5.74, 6) is -0.389. The molecule has 1 N–H and O–H groups in total. The molecule has 21 heavy (non-hydrogen) atoms. The zero-order valence-corrected chi connectivity index (χ0v) is 12.2. The van der Waals surface area contributed by atoms with Crippen molar-refractivity contribution in [1.29, 1.82) is 0 Å². The third-order valence-corrected chi connectivity index (χ3v) is 2.86. The zero-order chi connectivity index (χ0) is 15.5. The molecular formula is C15H21NO5. The molecule has 0 saturated heterocycles. The van der Waals surface area contributed by atoms with Crippen molar-refractivity contribution >= 4 is 12.1 Å². The van der Waals surface area contributed by atoms with Crippen LogP contribution in [0.5, 0.6) is 0 Å². The highest BCUT2D eigenvalue weighted by Gasteiger charge is 2.16. The van der Waals surface area contributed by atoms with Gasteiger partial charge in [0.15, 0.2) is 0 Å². The van der Waals surface area contributed by atoms with Crippen molar-refractivity contribution in [3.63, 3.8) is 0 Å². The second-order valence-electron chi connectivity index (χ2n) is 4.43. The number of amides is 1. The van der Waals surface area contributed by atoms with E-state index < -0.39 is 6.09 Å². The molecule has 1 aromatic rings. The minimum atomic E-state index is -0.504. The van der Waals surface area contributed by atoms with Crippen molar-refractivity contribution < 1.29 is 24.2 Å². The van der Waals surface area contributed by atoms with Crippen molar-refractivity contribution in [2.45, 2.75) is 19.4 Å². The molecule has 0 saturated carbocycles. The second kappa shape index (κ2) is 9.77. The first-order chi connectivity index (χ1) is 10.2. The summed E-state index contributed by atoms with van der Waals surface area (Å²) in [6, 6.07) is 9.34. The fourth-order valence-corrected chi connectivity index (χ4v) is 1.69. The largest absolute Gasteiger partial charge is 0.469 e. The Kier molecular flexibility index (Phi) is 7.89. The fourth-order valence-electron chi connectivity index (χ4n) is 1.69. The maximum atomic E-state index is 12.0. The molecule has 0 aliphatic carbocycles. The van der Waals surface area contributed by atoms with Gasteiger partial charge in [0.05, 0.1) is 13.5 Å². The van der Waals surface area contributed by atoms with Crippen molar-refractivity contribution in [2.24, 2.45) is 0 Å². The number of methoxy groups -OCH3 is 1. The van der Waals surface area contributed by atoms with Gasteiger partial charge in [-0.05, 0) is 12.0 Å². The van der Waals surface area contributed by atoms with Crippen LogP contribution in [0.1, 0.15) is 18.4 Å². The number of aliphatic hydroxyl groups is 1. The first-order valence-corrected chi connectivity index (χ1v) is 6.80. The van der Waals surface area contributed by atoms with Crippen molar-refractivity contribution in [1.82, 2.24) is 4.90 Å². The molecule has 6 nitrogen and oxygen atoms in total. The molecule has 116 valence electrons. The van der Waals surface area contributed by atoms with Gasteiger partial charge in [-0.15, -0.1) is 0 Å². The van der Waals surface area contributed by atoms with Crippen LogP contribution in [-0.4, -0.2) is 48.9 Å². The molecule has 0 radical (unpaired) electrons. The van der Waals surface area contributed by atoms with Crippen molar-refractivity contribution in [3.05, 3.63) is 35.9 Å². The van der Waals surface area contributed by atoms with E-state index in [2.05, 4.69) is 4.74 Å². The predicted octanol–water partition coefficient (Wildman–Crippen LogP) is 1.57. The average molecular weight is 295 g/mol. The average Bonchev–Trinajstić information content (AvgIpc) is 2.53. The number of esters is 1. The van der Waals surface area contributed by atoms with Crippen LogP contribution in [0.25, 0.3) is 0 Å². The molecule has 1 rings (SSSR count). The zero-order valence-electron chi connectivity index (χ0n) is 12.2. The topological polar surface area (TPSA) is 76.1 Å². The summed E-state index contributed by atoms with van der Waals surface area (Å²) >= 11 is 0. The minimum Gasteiger partial charge on any atom is -0.469 e. The van der Waals surface area contributed by atoms with Gasteiger partial charge in [-0.1, -0.05) is 30.3 Å². The smallest absolute Gasteiger partial charge is 0.410 e. The van der Waals surface area contributed by atoms with Crippen LogP contribution >= 0.6 is 0 Å². The van der Waals surface area contributed by atoms with Crippen molar-refractivity contribution in [2.75, 3.05) is 26.8 Å². The molecule has 0 aromatic heterocycles. The van der Waals surface area contributed by atoms with Crippen LogP contribution < -0.4 is 0 Å². The molecule has 0 atom stereocenters. The SMILES string of the molecule is COC(=O)CCN(CCCO)C(=O)OCc1ccccc1. The Labute approximate surface area is 124 Å². The fraction of sp³-hybridized carbons (Fsp3) is 0.467. The molecule has 0 fully saturated rings. The molecule has 1 amide bonds. The van der Waals surface area contributed by atoms with Crippen LogP contribution in [-0.2, 0) is 20.9 Å². The van der Waals surface area contributed by atoms with Gasteiger partial charge in [0, 0.05) is 19.7 Å². The number of hydrogen-bond acceptors (Lipinski definition) is 5. The number of aliphatic hydroxyl groups excluding tert-OH is 1. The Balaban J connectivity index is 2.47. The normalized spacial score (nSPS) is 10.0. The highest BCUT2D eigenvalue weighted by molar-refractivity contribution is 5.71. The van der Waals surface area contributed by atoms with E-state index in [0.717, 1.165) is 5.56 Å². The van der Waals surface area contributed by atoms with Gasteiger partial charge >= 0.3 is 12.1 Å². The summed E-state index contributed by atoms with van der Waals surface area (Å²) in [6.45, 7) is 0.690. The van der Waals surface area contributed by atoms with Crippen molar-refractivity contribution in [3.8, 4) is 0 Å². The number of hydrogen-bond donors (Lipinski definition) is 1. The Hall–Kier alpha value is -2.08. The molecule has 0 unspecified atom stereocenters. The summed E-state index contributed by atoms with van der Waals surface area (Å²) in [5, 5.41) is 8.86. The molecule has 0 bridgehead atoms. The first kappa shape index (κ1) is 17.0. The summed E-state index contributed by atoms with van der Waals surface area (Å²) in [4.78, 5) is 24.5. The van der Waals surface area contributed by atoms with E-state index in [4.69, 9.17) is 9.84 Å². The number of carbonyl (C=O) groups excluding carboxylic acids is 2. The second-order valence-corrected chi connectivity index (χ2v) is 4.43. The third-order valence-electron chi connectivity index (χ3n) is 2.86. The van der Waals surface area contributed by atoms with E-state index in [1.807, 2.05) is 30.3 Å². The number of rotatable bonds is 8. The lowest BCUT2D eigenvalue weighted by molar-refractivity contribution is -0.140. The highest BCUT2D eigenvalue weighted by Crippen LogP contribution is 2.05. The predicted molar refractivity (Wildman–Crippen MR) is 76.5 cm³/mol. The lowest BCUT2D eigenvalue weighted by Crippen LogP contribution is -2.34. The quantitative estimate of drug-likeness (QED) is 0.737. The molecule has 0 spiro atoms. The molecule has 0 aliphatic rings. The molecule has 1 aromatic carbocycles. The van der Waals surface area contributed by atoms with Gasteiger partial charge in [-0.2, -0.15) is 0 Å². The lowest BCUT2D eigenvalue weighted by Gasteiger charge is -2.21. The standard InChI is InChI=1S/C15H21NO5/c1-20-14(18)8-10-16(9-5-11-17)15(19)21-12-13-6-3-2-4-7-13/h2-4,6-7,17H,5,8-12H2,1H3. The van der Waals surface area contributed by atoms with E-state index in [0.29, 0.717) is 13.0 Å². The third kappa shape index (κ3) is 6.76. The molecule has 0 aliphatic heterocycles. The number of nitrogens with zero attached hydrogens (tertiary/aromatic N) is 1. The monoisotopic (exact) mass is 295 g/mol. The Bertz CT molecular complexity index is 435. The Morgan fingerprint density at radius 1 is 1.19 bits per heavy atom. The number of benzene rings is 1. The van der Waals surface area contributed by atoms with Gasteiger partial charge in [0.25, 0.3) is 0 Å². The highest BCUT2D eigenvalue weighted by atomic mass is 16.6. The van der Waals surface area contributed by atoms with E-state index in [1.165, 1.54) is 12.0 Å². The minimum absolute atomic E-state index is 0.0271. The lowest BCUT2D eigenvalue weighted by atomic mass is 10.2. The van der Waals surface area contributed by atoms with Gasteiger partial charge in [-0.3, -0.25) is 4.79 Å². The van der Waals surface area contributed by atoms with Crippen LogP contribution in [0.15, 0.2) is 30.3 Å². The summed E-state index contributed by atoms with van der Waals surface area (Å²) in [7, 11) is 1.30. The van der Waals surface area contributed by atoms with Crippen LogP contribution in [0.4, 0.5) is 4.79 Å². The van der Waals surface area contributed by atoms with Crippen LogP contribution in [0.2, 0.25) is 0 Å². The maximum Gasteiger partial charge on any atom is 0.410 e. The van der Waals surface area contributed by atoms with Gasteiger partial charge in [0.1, 0.15) is 6.61 Å². The maximum absolute atomic E-state index is 12.0. The number of ether oxygens (including phenoxy) is 2. The van der Waals surface area contributed by atoms with E-state index in [9.17, 15) is 9.59 Å². The summed E-state index contributed by atoms with van der Waals surface area (Å²) < 4.78 is 9.75. The Morgan fingerprint density at radius 3 is 2.52 bits per heavy atom. The number of carbonyl (C=O) groups is 2. The summed E-state index contributed by atoms with van der Waals surface area (Å²) in [5.41, 5.74) is 0.890. The molecule has 0 heterocycles.